The molecule has 2 aromatic carbocycles. The van der Waals surface area contributed by atoms with Gasteiger partial charge in [0.25, 0.3) is 0 Å². The van der Waals surface area contributed by atoms with Crippen LogP contribution in [0.2, 0.25) is 0 Å². The Labute approximate surface area is 172 Å². The standard InChI is InChI=1S/C25H28N4/c1-5-17(4)25-27-15-23(29-25)21-12-8-19(9-13-21)18-6-10-20(11-7-18)22-14-26-24(28-22)16(2)3/h6-17H,5H2,1-4H3,(H,26,28)(H,27,29). The smallest absolute Gasteiger partial charge is 0.109 e. The molecule has 2 N–H and O–H groups in total. The highest BCUT2D eigenvalue weighted by molar-refractivity contribution is 5.71. The minimum atomic E-state index is 0.401. The van der Waals surface area contributed by atoms with Crippen LogP contribution in [0, 0.1) is 0 Å². The van der Waals surface area contributed by atoms with Crippen LogP contribution < -0.4 is 0 Å². The van der Waals surface area contributed by atoms with Crippen molar-refractivity contribution in [2.24, 2.45) is 0 Å². The number of benzene rings is 2. The third-order valence-corrected chi connectivity index (χ3v) is 5.54. The average Bonchev–Trinajstić information content (AvgIpc) is 3.44. The second-order valence-electron chi connectivity index (χ2n) is 7.98. The fourth-order valence-electron chi connectivity index (χ4n) is 3.39. The van der Waals surface area contributed by atoms with E-state index in [2.05, 4.69) is 96.2 Å². The van der Waals surface area contributed by atoms with Gasteiger partial charge in [0.2, 0.25) is 0 Å². The van der Waals surface area contributed by atoms with E-state index < -0.39 is 0 Å². The van der Waals surface area contributed by atoms with Crippen molar-refractivity contribution in [3.8, 4) is 33.6 Å². The van der Waals surface area contributed by atoms with Crippen LogP contribution in [-0.4, -0.2) is 19.9 Å². The van der Waals surface area contributed by atoms with Crippen LogP contribution >= 0.6 is 0 Å². The lowest BCUT2D eigenvalue weighted by Crippen LogP contribution is -1.93. The fraction of sp³-hybridized carbons (Fsp3) is 0.280. The van der Waals surface area contributed by atoms with E-state index >= 15 is 0 Å². The summed E-state index contributed by atoms with van der Waals surface area (Å²) >= 11 is 0. The third kappa shape index (κ3) is 4.02. The molecule has 2 heterocycles. The second-order valence-corrected chi connectivity index (χ2v) is 7.98. The Bertz CT molecular complexity index is 1070. The highest BCUT2D eigenvalue weighted by Gasteiger charge is 2.10. The number of imidazole rings is 2. The van der Waals surface area contributed by atoms with Crippen molar-refractivity contribution in [2.45, 2.75) is 46.0 Å². The molecule has 0 amide bonds. The molecule has 0 saturated carbocycles. The summed E-state index contributed by atoms with van der Waals surface area (Å²) in [4.78, 5) is 15.9. The molecule has 148 valence electrons. The highest BCUT2D eigenvalue weighted by Crippen LogP contribution is 2.27. The van der Waals surface area contributed by atoms with Gasteiger partial charge in [-0.15, -0.1) is 0 Å². The van der Waals surface area contributed by atoms with E-state index in [1.54, 1.807) is 0 Å². The van der Waals surface area contributed by atoms with E-state index in [1.165, 1.54) is 11.1 Å². The Morgan fingerprint density at radius 2 is 1.07 bits per heavy atom. The minimum Gasteiger partial charge on any atom is -0.342 e. The van der Waals surface area contributed by atoms with E-state index in [9.17, 15) is 0 Å². The zero-order valence-electron chi connectivity index (χ0n) is 17.5. The molecule has 4 nitrogen and oxygen atoms in total. The monoisotopic (exact) mass is 384 g/mol. The van der Waals surface area contributed by atoms with Crippen LogP contribution in [-0.2, 0) is 0 Å². The number of hydrogen-bond acceptors (Lipinski definition) is 2. The van der Waals surface area contributed by atoms with Gasteiger partial charge in [0, 0.05) is 11.8 Å². The summed E-state index contributed by atoms with van der Waals surface area (Å²) < 4.78 is 0. The van der Waals surface area contributed by atoms with Crippen LogP contribution in [0.3, 0.4) is 0 Å². The highest BCUT2D eigenvalue weighted by atomic mass is 14.9. The summed E-state index contributed by atoms with van der Waals surface area (Å²) in [6.45, 7) is 8.67. The fourth-order valence-corrected chi connectivity index (χ4v) is 3.39. The number of nitrogens with one attached hydrogen (secondary N) is 2. The van der Waals surface area contributed by atoms with Gasteiger partial charge in [-0.3, -0.25) is 0 Å². The van der Waals surface area contributed by atoms with E-state index in [0.717, 1.165) is 40.6 Å². The number of aromatic nitrogens is 4. The summed E-state index contributed by atoms with van der Waals surface area (Å²) in [7, 11) is 0. The van der Waals surface area contributed by atoms with Crippen LogP contribution in [0.5, 0.6) is 0 Å². The Balaban J connectivity index is 1.52. The van der Waals surface area contributed by atoms with Crippen molar-refractivity contribution < 1.29 is 0 Å². The first kappa shape index (κ1) is 19.2. The van der Waals surface area contributed by atoms with E-state index in [0.29, 0.717) is 11.8 Å². The molecule has 0 radical (unpaired) electrons. The Kier molecular flexibility index (Phi) is 5.34. The maximum absolute atomic E-state index is 4.53. The summed E-state index contributed by atoms with van der Waals surface area (Å²) in [5, 5.41) is 0. The first-order valence-corrected chi connectivity index (χ1v) is 10.4. The van der Waals surface area contributed by atoms with Gasteiger partial charge in [-0.05, 0) is 28.7 Å². The van der Waals surface area contributed by atoms with Gasteiger partial charge in [0.1, 0.15) is 11.6 Å². The molecule has 2 aromatic heterocycles. The summed E-state index contributed by atoms with van der Waals surface area (Å²) in [5.41, 5.74) is 6.85. The quantitative estimate of drug-likeness (QED) is 0.385. The number of aromatic amines is 2. The molecule has 0 spiro atoms. The van der Waals surface area contributed by atoms with Crippen molar-refractivity contribution in [2.75, 3.05) is 0 Å². The maximum atomic E-state index is 4.53. The molecule has 4 aromatic rings. The summed E-state index contributed by atoms with van der Waals surface area (Å²) in [6, 6.07) is 17.3. The Morgan fingerprint density at radius 1 is 0.655 bits per heavy atom. The Morgan fingerprint density at radius 3 is 1.48 bits per heavy atom. The van der Waals surface area contributed by atoms with Gasteiger partial charge < -0.3 is 9.97 Å². The zero-order valence-corrected chi connectivity index (χ0v) is 17.5. The SMILES string of the molecule is CCC(C)c1ncc(-c2ccc(-c3ccc(-c4cnc(C(C)C)[nH]4)cc3)cc2)[nH]1. The lowest BCUT2D eigenvalue weighted by Gasteiger charge is -2.06. The van der Waals surface area contributed by atoms with Crippen molar-refractivity contribution in [1.82, 2.24) is 19.9 Å². The first-order valence-electron chi connectivity index (χ1n) is 10.4. The number of hydrogen-bond donors (Lipinski definition) is 2. The summed E-state index contributed by atoms with van der Waals surface area (Å²) in [5.74, 6) is 2.93. The number of H-pyrrole nitrogens is 2. The van der Waals surface area contributed by atoms with E-state index in [-0.39, 0.29) is 0 Å². The first-order chi connectivity index (χ1) is 14.0. The van der Waals surface area contributed by atoms with Crippen LogP contribution in [0.15, 0.2) is 60.9 Å². The predicted molar refractivity (Wildman–Crippen MR) is 120 cm³/mol. The molecule has 0 fully saturated rings. The molecular formula is C25H28N4. The van der Waals surface area contributed by atoms with Crippen LogP contribution in [0.25, 0.3) is 33.6 Å². The van der Waals surface area contributed by atoms with Gasteiger partial charge in [-0.2, -0.15) is 0 Å². The molecule has 1 atom stereocenters. The van der Waals surface area contributed by atoms with Gasteiger partial charge >= 0.3 is 0 Å². The van der Waals surface area contributed by atoms with E-state index in [1.807, 2.05) is 12.4 Å². The van der Waals surface area contributed by atoms with Crippen molar-refractivity contribution in [3.05, 3.63) is 72.6 Å². The van der Waals surface area contributed by atoms with E-state index in [4.69, 9.17) is 0 Å². The molecule has 0 aliphatic heterocycles. The molecule has 0 aliphatic carbocycles. The van der Waals surface area contributed by atoms with Crippen LogP contribution in [0.4, 0.5) is 0 Å². The van der Waals surface area contributed by atoms with Gasteiger partial charge in [0.05, 0.1) is 23.8 Å². The molecule has 4 heteroatoms. The van der Waals surface area contributed by atoms with Crippen LogP contribution in [0.1, 0.15) is 57.6 Å². The lowest BCUT2D eigenvalue weighted by molar-refractivity contribution is 0.689. The Hall–Kier alpha value is -3.14. The summed E-state index contributed by atoms with van der Waals surface area (Å²) in [6.07, 6.45) is 4.93. The normalized spacial score (nSPS) is 12.4. The van der Waals surface area contributed by atoms with Gasteiger partial charge in [-0.1, -0.05) is 76.2 Å². The topological polar surface area (TPSA) is 57.4 Å². The molecule has 4 rings (SSSR count). The predicted octanol–water partition coefficient (Wildman–Crippen LogP) is 6.77. The maximum Gasteiger partial charge on any atom is 0.109 e. The molecule has 29 heavy (non-hydrogen) atoms. The minimum absolute atomic E-state index is 0.401. The molecule has 0 saturated heterocycles. The number of nitrogens with zero attached hydrogens (tertiary/aromatic N) is 2. The average molecular weight is 385 g/mol. The van der Waals surface area contributed by atoms with Crippen molar-refractivity contribution >= 4 is 0 Å². The second kappa shape index (κ2) is 8.08. The van der Waals surface area contributed by atoms with Gasteiger partial charge in [0.15, 0.2) is 0 Å². The third-order valence-electron chi connectivity index (χ3n) is 5.54. The molecular weight excluding hydrogens is 356 g/mol. The molecule has 0 bridgehead atoms. The molecule has 0 aliphatic rings. The molecule has 1 unspecified atom stereocenters. The zero-order chi connectivity index (χ0) is 20.4. The lowest BCUT2D eigenvalue weighted by atomic mass is 10.0. The largest absolute Gasteiger partial charge is 0.342 e. The van der Waals surface area contributed by atoms with Crippen molar-refractivity contribution in [3.63, 3.8) is 0 Å². The number of rotatable bonds is 6. The van der Waals surface area contributed by atoms with Crippen molar-refractivity contribution in [1.29, 1.82) is 0 Å². The van der Waals surface area contributed by atoms with Gasteiger partial charge in [-0.25, -0.2) is 9.97 Å².